The summed E-state index contributed by atoms with van der Waals surface area (Å²) < 4.78 is 0. The van der Waals surface area contributed by atoms with E-state index < -0.39 is 6.10 Å². The molecule has 0 unspecified atom stereocenters. The molecule has 0 radical (unpaired) electrons. The lowest BCUT2D eigenvalue weighted by Crippen LogP contribution is -2.33. The van der Waals surface area contributed by atoms with Gasteiger partial charge in [0.1, 0.15) is 0 Å². The molecule has 0 aliphatic heterocycles. The van der Waals surface area contributed by atoms with Crippen molar-refractivity contribution in [1.82, 2.24) is 5.32 Å². The Hall–Kier alpha value is -1.61. The van der Waals surface area contributed by atoms with Gasteiger partial charge in [0.2, 0.25) is 0 Å². The molecule has 2 rings (SSSR count). The summed E-state index contributed by atoms with van der Waals surface area (Å²) in [6.07, 6.45) is 3.67. The van der Waals surface area contributed by atoms with Gasteiger partial charge >= 0.3 is 0 Å². The highest BCUT2D eigenvalue weighted by Gasteiger charge is 2.18. The molecule has 0 saturated carbocycles. The Morgan fingerprint density at radius 1 is 1.27 bits per heavy atom. The van der Waals surface area contributed by atoms with Crippen LogP contribution >= 0.6 is 0 Å². The van der Waals surface area contributed by atoms with Crippen LogP contribution in [0.3, 0.4) is 0 Å². The molecule has 78 valence electrons. The van der Waals surface area contributed by atoms with Crippen LogP contribution in [0.1, 0.15) is 16.8 Å². The Labute approximate surface area is 88.4 Å². The van der Waals surface area contributed by atoms with Crippen LogP contribution in [0.15, 0.2) is 42.5 Å². The Kier molecular flexibility index (Phi) is 2.83. The van der Waals surface area contributed by atoms with Crippen LogP contribution in [0, 0.1) is 0 Å². The molecule has 0 fully saturated rings. The molecule has 1 aromatic rings. The van der Waals surface area contributed by atoms with Crippen molar-refractivity contribution in [2.75, 3.05) is 0 Å². The molecule has 0 saturated heterocycles. The highest BCUT2D eigenvalue weighted by atomic mass is 16.3. The molecule has 1 aliphatic rings. The van der Waals surface area contributed by atoms with E-state index in [1.54, 1.807) is 18.2 Å². The SMILES string of the molecule is O=C(N[C@H]1C=C[C@@H](O)C1)c1ccccc1. The van der Waals surface area contributed by atoms with Gasteiger partial charge in [-0.25, -0.2) is 0 Å². The fourth-order valence-corrected chi connectivity index (χ4v) is 1.63. The van der Waals surface area contributed by atoms with Gasteiger partial charge in [-0.1, -0.05) is 30.4 Å². The summed E-state index contributed by atoms with van der Waals surface area (Å²) >= 11 is 0. The monoisotopic (exact) mass is 203 g/mol. The van der Waals surface area contributed by atoms with E-state index in [2.05, 4.69) is 5.32 Å². The van der Waals surface area contributed by atoms with Gasteiger partial charge in [0.05, 0.1) is 12.1 Å². The second-order valence-corrected chi connectivity index (χ2v) is 3.63. The normalized spacial score (nSPS) is 24.1. The number of aliphatic hydroxyl groups excluding tert-OH is 1. The lowest BCUT2D eigenvalue weighted by molar-refractivity contribution is 0.0938. The van der Waals surface area contributed by atoms with Crippen LogP contribution in [0.5, 0.6) is 0 Å². The lowest BCUT2D eigenvalue weighted by atomic mass is 10.2. The van der Waals surface area contributed by atoms with E-state index in [4.69, 9.17) is 0 Å². The van der Waals surface area contributed by atoms with E-state index in [0.717, 1.165) is 0 Å². The molecular formula is C12H13NO2. The first-order valence-corrected chi connectivity index (χ1v) is 4.98. The van der Waals surface area contributed by atoms with Gasteiger partial charge in [0, 0.05) is 12.0 Å². The number of carbonyl (C=O) groups excluding carboxylic acids is 1. The third-order valence-electron chi connectivity index (χ3n) is 2.41. The Morgan fingerprint density at radius 3 is 2.60 bits per heavy atom. The lowest BCUT2D eigenvalue weighted by Gasteiger charge is -2.11. The second-order valence-electron chi connectivity index (χ2n) is 3.63. The number of rotatable bonds is 2. The van der Waals surface area contributed by atoms with Gasteiger partial charge in [-0.2, -0.15) is 0 Å². The Balaban J connectivity index is 1.96. The second kappa shape index (κ2) is 4.28. The zero-order valence-corrected chi connectivity index (χ0v) is 8.26. The first kappa shape index (κ1) is 9.93. The highest BCUT2D eigenvalue weighted by molar-refractivity contribution is 5.94. The number of hydrogen-bond acceptors (Lipinski definition) is 2. The van der Waals surface area contributed by atoms with E-state index in [1.165, 1.54) is 0 Å². The van der Waals surface area contributed by atoms with Crippen LogP contribution in [-0.4, -0.2) is 23.2 Å². The third-order valence-corrected chi connectivity index (χ3v) is 2.41. The molecule has 1 aliphatic carbocycles. The molecule has 1 amide bonds. The first-order valence-electron chi connectivity index (χ1n) is 4.98. The maximum Gasteiger partial charge on any atom is 0.251 e. The van der Waals surface area contributed by atoms with Crippen LogP contribution in [-0.2, 0) is 0 Å². The van der Waals surface area contributed by atoms with Crippen molar-refractivity contribution >= 4 is 5.91 Å². The topological polar surface area (TPSA) is 49.3 Å². The van der Waals surface area contributed by atoms with Gasteiger partial charge < -0.3 is 10.4 Å². The summed E-state index contributed by atoms with van der Waals surface area (Å²) in [5, 5.41) is 12.1. The van der Waals surface area contributed by atoms with Crippen LogP contribution < -0.4 is 5.32 Å². The van der Waals surface area contributed by atoms with E-state index in [1.807, 2.05) is 24.3 Å². The molecule has 0 spiro atoms. The number of nitrogens with one attached hydrogen (secondary N) is 1. The fraction of sp³-hybridized carbons (Fsp3) is 0.250. The number of aliphatic hydroxyl groups is 1. The smallest absolute Gasteiger partial charge is 0.251 e. The van der Waals surface area contributed by atoms with Gasteiger partial charge in [-0.3, -0.25) is 4.79 Å². The maximum atomic E-state index is 11.7. The Bertz CT molecular complexity index is 372. The minimum absolute atomic E-state index is 0.0484. The molecule has 0 heterocycles. The fourth-order valence-electron chi connectivity index (χ4n) is 1.63. The molecule has 3 nitrogen and oxygen atoms in total. The summed E-state index contributed by atoms with van der Waals surface area (Å²) in [7, 11) is 0. The van der Waals surface area contributed by atoms with Gasteiger partial charge in [0.15, 0.2) is 0 Å². The summed E-state index contributed by atoms with van der Waals surface area (Å²) in [6.45, 7) is 0. The van der Waals surface area contributed by atoms with Crippen molar-refractivity contribution in [2.45, 2.75) is 18.6 Å². The minimum atomic E-state index is -0.425. The molecule has 2 atom stereocenters. The number of carbonyl (C=O) groups is 1. The van der Waals surface area contributed by atoms with Gasteiger partial charge in [-0.05, 0) is 12.1 Å². The summed E-state index contributed by atoms with van der Waals surface area (Å²) in [6, 6.07) is 9.01. The number of hydrogen-bond donors (Lipinski definition) is 2. The largest absolute Gasteiger partial charge is 0.389 e. The predicted octanol–water partition coefficient (Wildman–Crippen LogP) is 1.11. The summed E-state index contributed by atoms with van der Waals surface area (Å²) in [5.74, 6) is -0.0978. The van der Waals surface area contributed by atoms with Crippen LogP contribution in [0.4, 0.5) is 0 Å². The molecular weight excluding hydrogens is 190 g/mol. The van der Waals surface area contributed by atoms with E-state index in [0.29, 0.717) is 12.0 Å². The van der Waals surface area contributed by atoms with Crippen molar-refractivity contribution in [3.63, 3.8) is 0 Å². The average Bonchev–Trinajstić information content (AvgIpc) is 2.65. The summed E-state index contributed by atoms with van der Waals surface area (Å²) in [4.78, 5) is 11.7. The highest BCUT2D eigenvalue weighted by Crippen LogP contribution is 2.11. The molecule has 2 N–H and O–H groups in total. The standard InChI is InChI=1S/C12H13NO2/c14-11-7-6-10(8-11)13-12(15)9-4-2-1-3-5-9/h1-7,10-11,14H,8H2,(H,13,15)/t10-,11+/m0/s1. The quantitative estimate of drug-likeness (QED) is 0.707. The van der Waals surface area contributed by atoms with Crippen molar-refractivity contribution in [2.24, 2.45) is 0 Å². The molecule has 0 bridgehead atoms. The maximum absolute atomic E-state index is 11.7. The Morgan fingerprint density at radius 2 is 2.00 bits per heavy atom. The van der Waals surface area contributed by atoms with Gasteiger partial charge in [-0.15, -0.1) is 0 Å². The molecule has 15 heavy (non-hydrogen) atoms. The predicted molar refractivity (Wildman–Crippen MR) is 57.5 cm³/mol. The van der Waals surface area contributed by atoms with E-state index in [-0.39, 0.29) is 11.9 Å². The van der Waals surface area contributed by atoms with Crippen molar-refractivity contribution in [3.8, 4) is 0 Å². The van der Waals surface area contributed by atoms with Crippen molar-refractivity contribution < 1.29 is 9.90 Å². The number of amides is 1. The molecule has 1 aromatic carbocycles. The van der Waals surface area contributed by atoms with Crippen molar-refractivity contribution in [1.29, 1.82) is 0 Å². The van der Waals surface area contributed by atoms with Crippen LogP contribution in [0.25, 0.3) is 0 Å². The zero-order valence-electron chi connectivity index (χ0n) is 8.26. The zero-order chi connectivity index (χ0) is 10.7. The summed E-state index contributed by atoms with van der Waals surface area (Å²) in [5.41, 5.74) is 0.646. The average molecular weight is 203 g/mol. The van der Waals surface area contributed by atoms with Crippen molar-refractivity contribution in [3.05, 3.63) is 48.0 Å². The number of benzene rings is 1. The first-order chi connectivity index (χ1) is 7.25. The van der Waals surface area contributed by atoms with Crippen LogP contribution in [0.2, 0.25) is 0 Å². The van der Waals surface area contributed by atoms with E-state index in [9.17, 15) is 9.90 Å². The molecule has 0 aromatic heterocycles. The van der Waals surface area contributed by atoms with E-state index >= 15 is 0 Å². The third kappa shape index (κ3) is 2.44. The molecule has 3 heteroatoms. The van der Waals surface area contributed by atoms with Gasteiger partial charge in [0.25, 0.3) is 5.91 Å². The minimum Gasteiger partial charge on any atom is -0.389 e.